The second-order valence-electron chi connectivity index (χ2n) is 7.95. The van der Waals surface area contributed by atoms with Gasteiger partial charge in [-0.3, -0.25) is 14.4 Å². The van der Waals surface area contributed by atoms with Crippen molar-refractivity contribution in [3.05, 3.63) is 0 Å². The van der Waals surface area contributed by atoms with Crippen LogP contribution in [-0.2, 0) is 14.4 Å². The summed E-state index contributed by atoms with van der Waals surface area (Å²) in [6.07, 6.45) is 5.96. The maximum absolute atomic E-state index is 12.9. The number of unbranched alkanes of at least 4 members (excludes halogenated alkanes) is 2. The maximum atomic E-state index is 12.9. The molecular weight excluding hydrogens is 328 g/mol. The molecule has 152 valence electrons. The van der Waals surface area contributed by atoms with Crippen LogP contribution in [0.25, 0.3) is 0 Å². The summed E-state index contributed by atoms with van der Waals surface area (Å²) in [5.41, 5.74) is 0. The smallest absolute Gasteiger partial charge is 0.243 e. The van der Waals surface area contributed by atoms with E-state index in [-0.39, 0.29) is 23.5 Å². The van der Waals surface area contributed by atoms with E-state index in [1.54, 1.807) is 11.9 Å². The SMILES string of the molecule is CCCC[C@H](C)C(=O)N(C)[C@@H](CCCC)C(=O)N[C@@H](CC(C)C)C(C)=O. The zero-order chi connectivity index (χ0) is 20.3. The molecule has 0 saturated carbocycles. The second-order valence-corrected chi connectivity index (χ2v) is 7.95. The highest BCUT2D eigenvalue weighted by atomic mass is 16.2. The molecule has 0 radical (unpaired) electrons. The molecule has 0 aromatic carbocycles. The van der Waals surface area contributed by atoms with Crippen LogP contribution in [-0.4, -0.2) is 41.6 Å². The molecule has 0 aromatic rings. The summed E-state index contributed by atoms with van der Waals surface area (Å²) in [5, 5.41) is 2.89. The van der Waals surface area contributed by atoms with E-state index in [9.17, 15) is 14.4 Å². The van der Waals surface area contributed by atoms with Crippen LogP contribution in [0.2, 0.25) is 0 Å². The first kappa shape index (κ1) is 24.6. The third kappa shape index (κ3) is 8.81. The van der Waals surface area contributed by atoms with Gasteiger partial charge in [-0.1, -0.05) is 60.3 Å². The van der Waals surface area contributed by atoms with E-state index in [2.05, 4.69) is 19.2 Å². The molecular formula is C21H40N2O3. The van der Waals surface area contributed by atoms with E-state index in [1.807, 2.05) is 20.8 Å². The number of nitrogens with one attached hydrogen (secondary N) is 1. The van der Waals surface area contributed by atoms with Crippen LogP contribution in [0.15, 0.2) is 0 Å². The fourth-order valence-electron chi connectivity index (χ4n) is 3.10. The summed E-state index contributed by atoms with van der Waals surface area (Å²) in [5.74, 6) is -0.00905. The lowest BCUT2D eigenvalue weighted by Gasteiger charge is -2.31. The first-order chi connectivity index (χ1) is 12.1. The fourth-order valence-corrected chi connectivity index (χ4v) is 3.10. The Kier molecular flexibility index (Phi) is 12.2. The molecule has 0 aliphatic rings. The zero-order valence-electron chi connectivity index (χ0n) is 17.9. The highest BCUT2D eigenvalue weighted by molar-refractivity contribution is 5.92. The minimum atomic E-state index is -0.513. The molecule has 0 aliphatic carbocycles. The molecule has 2 amide bonds. The molecule has 0 rings (SSSR count). The molecule has 0 spiro atoms. The van der Waals surface area contributed by atoms with Crippen LogP contribution in [0.4, 0.5) is 0 Å². The molecule has 5 heteroatoms. The van der Waals surface area contributed by atoms with Gasteiger partial charge < -0.3 is 10.2 Å². The number of likely N-dealkylation sites (N-methyl/N-ethyl adjacent to an activating group) is 1. The number of Topliss-reactive ketones (excluding diaryl/α,β-unsaturated/α-hetero) is 1. The fraction of sp³-hybridized carbons (Fsp3) is 0.857. The van der Waals surface area contributed by atoms with Gasteiger partial charge in [0.1, 0.15) is 6.04 Å². The summed E-state index contributed by atoms with van der Waals surface area (Å²) in [7, 11) is 1.72. The largest absolute Gasteiger partial charge is 0.345 e. The standard InChI is InChI=1S/C21H40N2O3/c1-8-10-12-16(5)21(26)23(7)19(13-11-9-2)20(25)22-18(17(6)24)14-15(3)4/h15-16,18-19H,8-14H2,1-7H3,(H,22,25)/t16-,18-,19-/m0/s1. The van der Waals surface area contributed by atoms with Crippen LogP contribution < -0.4 is 5.32 Å². The van der Waals surface area contributed by atoms with E-state index in [0.717, 1.165) is 32.1 Å². The number of carbonyl (C=O) groups is 3. The summed E-state index contributed by atoms with van der Waals surface area (Å²) in [6, 6.07) is -0.992. The van der Waals surface area contributed by atoms with Gasteiger partial charge in [0.15, 0.2) is 5.78 Å². The number of amides is 2. The lowest BCUT2D eigenvalue weighted by Crippen LogP contribution is -2.52. The van der Waals surface area contributed by atoms with E-state index >= 15 is 0 Å². The summed E-state index contributed by atoms with van der Waals surface area (Å²) in [4.78, 5) is 39.1. The van der Waals surface area contributed by atoms with Gasteiger partial charge in [-0.15, -0.1) is 0 Å². The quantitative estimate of drug-likeness (QED) is 0.535. The Morgan fingerprint density at radius 2 is 1.50 bits per heavy atom. The molecule has 0 aliphatic heterocycles. The van der Waals surface area contributed by atoms with Crippen molar-refractivity contribution in [3.8, 4) is 0 Å². The Labute approximate surface area is 160 Å². The average Bonchev–Trinajstić information content (AvgIpc) is 2.57. The van der Waals surface area contributed by atoms with Gasteiger partial charge in [0, 0.05) is 13.0 Å². The third-order valence-corrected chi connectivity index (χ3v) is 4.88. The van der Waals surface area contributed by atoms with Crippen molar-refractivity contribution in [2.45, 2.75) is 98.6 Å². The van der Waals surface area contributed by atoms with Crippen LogP contribution in [0.1, 0.15) is 86.5 Å². The van der Waals surface area contributed by atoms with Crippen LogP contribution >= 0.6 is 0 Å². The molecule has 0 fully saturated rings. The highest BCUT2D eigenvalue weighted by Gasteiger charge is 2.31. The lowest BCUT2D eigenvalue weighted by molar-refractivity contribution is -0.142. The van der Waals surface area contributed by atoms with Gasteiger partial charge in [-0.25, -0.2) is 0 Å². The Bertz CT molecular complexity index is 449. The lowest BCUT2D eigenvalue weighted by atomic mass is 9.98. The molecule has 0 unspecified atom stereocenters. The van der Waals surface area contributed by atoms with Gasteiger partial charge in [-0.05, 0) is 32.1 Å². The van der Waals surface area contributed by atoms with Crippen LogP contribution in [0.3, 0.4) is 0 Å². The number of carbonyl (C=O) groups excluding carboxylic acids is 3. The number of rotatable bonds is 13. The zero-order valence-corrected chi connectivity index (χ0v) is 17.9. The number of nitrogens with zero attached hydrogens (tertiary/aromatic N) is 1. The molecule has 0 saturated heterocycles. The third-order valence-electron chi connectivity index (χ3n) is 4.88. The first-order valence-electron chi connectivity index (χ1n) is 10.2. The second kappa shape index (κ2) is 12.9. The minimum Gasteiger partial charge on any atom is -0.345 e. The Morgan fingerprint density at radius 3 is 1.96 bits per heavy atom. The summed E-state index contributed by atoms with van der Waals surface area (Å²) < 4.78 is 0. The predicted octanol–water partition coefficient (Wildman–Crippen LogP) is 3.95. The minimum absolute atomic E-state index is 0.0120. The Morgan fingerprint density at radius 1 is 0.962 bits per heavy atom. The molecule has 3 atom stereocenters. The van der Waals surface area contributed by atoms with Gasteiger partial charge in [0.05, 0.1) is 6.04 Å². The molecule has 5 nitrogen and oxygen atoms in total. The molecule has 26 heavy (non-hydrogen) atoms. The molecule has 0 heterocycles. The van der Waals surface area contributed by atoms with E-state index in [1.165, 1.54) is 6.92 Å². The monoisotopic (exact) mass is 368 g/mol. The molecule has 0 aromatic heterocycles. The van der Waals surface area contributed by atoms with Crippen molar-refractivity contribution in [3.63, 3.8) is 0 Å². The van der Waals surface area contributed by atoms with Crippen molar-refractivity contribution < 1.29 is 14.4 Å². The van der Waals surface area contributed by atoms with Crippen LogP contribution in [0.5, 0.6) is 0 Å². The van der Waals surface area contributed by atoms with Crippen LogP contribution in [0, 0.1) is 11.8 Å². The predicted molar refractivity (Wildman–Crippen MR) is 107 cm³/mol. The van der Waals surface area contributed by atoms with Crippen molar-refractivity contribution in [2.75, 3.05) is 7.05 Å². The normalized spacial score (nSPS) is 14.6. The van der Waals surface area contributed by atoms with Crippen molar-refractivity contribution >= 4 is 17.6 Å². The van der Waals surface area contributed by atoms with Crippen molar-refractivity contribution in [1.29, 1.82) is 0 Å². The van der Waals surface area contributed by atoms with Gasteiger partial charge in [0.25, 0.3) is 0 Å². The van der Waals surface area contributed by atoms with Gasteiger partial charge >= 0.3 is 0 Å². The average molecular weight is 369 g/mol. The maximum Gasteiger partial charge on any atom is 0.243 e. The van der Waals surface area contributed by atoms with Crippen molar-refractivity contribution in [1.82, 2.24) is 10.2 Å². The summed E-state index contributed by atoms with van der Waals surface area (Å²) in [6.45, 7) is 11.7. The molecule has 1 N–H and O–H groups in total. The number of hydrogen-bond donors (Lipinski definition) is 1. The van der Waals surface area contributed by atoms with Gasteiger partial charge in [0.2, 0.25) is 11.8 Å². The Balaban J connectivity index is 5.16. The van der Waals surface area contributed by atoms with E-state index in [4.69, 9.17) is 0 Å². The number of ketones is 1. The van der Waals surface area contributed by atoms with Gasteiger partial charge in [-0.2, -0.15) is 0 Å². The van der Waals surface area contributed by atoms with E-state index < -0.39 is 12.1 Å². The number of hydrogen-bond acceptors (Lipinski definition) is 3. The topological polar surface area (TPSA) is 66.5 Å². The van der Waals surface area contributed by atoms with Crippen molar-refractivity contribution in [2.24, 2.45) is 11.8 Å². The first-order valence-corrected chi connectivity index (χ1v) is 10.2. The van der Waals surface area contributed by atoms with E-state index in [0.29, 0.717) is 18.8 Å². The summed E-state index contributed by atoms with van der Waals surface area (Å²) >= 11 is 0. The Hall–Kier alpha value is -1.39. The highest BCUT2D eigenvalue weighted by Crippen LogP contribution is 2.16. The molecule has 0 bridgehead atoms.